The molecule has 1 aromatic carbocycles. The SMILES string of the molecule is CC[C@@H](Oc1ccc(N(C)S(C)(=O)=O)cc1)C(=O)N[C@H]1C[C@H]2CC[C@H]1C2. The zero-order valence-corrected chi connectivity index (χ0v) is 16.5. The summed E-state index contributed by atoms with van der Waals surface area (Å²) in [6.45, 7) is 1.93. The van der Waals surface area contributed by atoms with Crippen LogP contribution in [0.3, 0.4) is 0 Å². The number of hydrogen-bond donors (Lipinski definition) is 1. The number of nitrogens with zero attached hydrogens (tertiary/aromatic N) is 1. The molecule has 2 aliphatic carbocycles. The molecule has 1 aromatic rings. The lowest BCUT2D eigenvalue weighted by molar-refractivity contribution is -0.129. The van der Waals surface area contributed by atoms with Crippen molar-refractivity contribution in [3.8, 4) is 5.75 Å². The fraction of sp³-hybridized carbons (Fsp3) is 0.632. The Morgan fingerprint density at radius 1 is 1.27 bits per heavy atom. The van der Waals surface area contributed by atoms with Crippen LogP contribution in [0.2, 0.25) is 0 Å². The highest BCUT2D eigenvalue weighted by Crippen LogP contribution is 2.44. The number of fused-ring (bicyclic) bond motifs is 2. The molecule has 144 valence electrons. The van der Waals surface area contributed by atoms with Crippen LogP contribution in [0.5, 0.6) is 5.75 Å². The Balaban J connectivity index is 1.60. The van der Waals surface area contributed by atoms with Gasteiger partial charge in [0.2, 0.25) is 10.0 Å². The van der Waals surface area contributed by atoms with Crippen molar-refractivity contribution >= 4 is 21.6 Å². The second-order valence-corrected chi connectivity index (χ2v) is 9.54. The highest BCUT2D eigenvalue weighted by Gasteiger charge is 2.40. The number of hydrogen-bond acceptors (Lipinski definition) is 4. The average molecular weight is 381 g/mol. The first kappa shape index (κ1) is 19.0. The first-order valence-electron chi connectivity index (χ1n) is 9.29. The van der Waals surface area contributed by atoms with Gasteiger partial charge in [-0.25, -0.2) is 8.42 Å². The molecule has 0 radical (unpaired) electrons. The monoisotopic (exact) mass is 380 g/mol. The van der Waals surface area contributed by atoms with Gasteiger partial charge < -0.3 is 10.1 Å². The molecule has 1 N–H and O–H groups in total. The van der Waals surface area contributed by atoms with E-state index in [2.05, 4.69) is 5.32 Å². The van der Waals surface area contributed by atoms with Gasteiger partial charge in [0.05, 0.1) is 11.9 Å². The van der Waals surface area contributed by atoms with E-state index in [4.69, 9.17) is 4.74 Å². The lowest BCUT2D eigenvalue weighted by atomic mass is 9.95. The minimum absolute atomic E-state index is 0.0534. The maximum absolute atomic E-state index is 12.6. The fourth-order valence-corrected chi connectivity index (χ4v) is 4.61. The van der Waals surface area contributed by atoms with Gasteiger partial charge in [-0.3, -0.25) is 9.10 Å². The van der Waals surface area contributed by atoms with Gasteiger partial charge in [0, 0.05) is 13.1 Å². The number of rotatable bonds is 7. The second kappa shape index (κ2) is 7.47. The molecule has 4 atom stereocenters. The Morgan fingerprint density at radius 3 is 2.46 bits per heavy atom. The molecule has 0 spiro atoms. The Labute approximate surface area is 156 Å². The predicted molar refractivity (Wildman–Crippen MR) is 102 cm³/mol. The molecule has 26 heavy (non-hydrogen) atoms. The number of carbonyl (C=O) groups excluding carboxylic acids is 1. The van der Waals surface area contributed by atoms with Crippen LogP contribution < -0.4 is 14.4 Å². The molecule has 0 heterocycles. The molecule has 0 aromatic heterocycles. The number of anilines is 1. The smallest absolute Gasteiger partial charge is 0.261 e. The van der Waals surface area contributed by atoms with E-state index in [1.807, 2.05) is 6.92 Å². The molecule has 1 amide bonds. The van der Waals surface area contributed by atoms with E-state index in [9.17, 15) is 13.2 Å². The van der Waals surface area contributed by atoms with E-state index in [1.54, 1.807) is 24.3 Å². The highest BCUT2D eigenvalue weighted by atomic mass is 32.2. The van der Waals surface area contributed by atoms with Crippen molar-refractivity contribution in [3.05, 3.63) is 24.3 Å². The summed E-state index contributed by atoms with van der Waals surface area (Å²) in [7, 11) is -1.80. The molecule has 6 nitrogen and oxygen atoms in total. The third-order valence-corrected chi connectivity index (χ3v) is 6.91. The van der Waals surface area contributed by atoms with Crippen molar-refractivity contribution in [2.45, 2.75) is 51.2 Å². The van der Waals surface area contributed by atoms with Gasteiger partial charge in [0.1, 0.15) is 5.75 Å². The fourth-order valence-electron chi connectivity index (χ4n) is 4.11. The van der Waals surface area contributed by atoms with Crippen molar-refractivity contribution in [2.24, 2.45) is 11.8 Å². The van der Waals surface area contributed by atoms with Crippen LogP contribution in [-0.4, -0.2) is 39.8 Å². The Morgan fingerprint density at radius 2 is 1.96 bits per heavy atom. The molecule has 0 saturated heterocycles. The molecule has 2 bridgehead atoms. The number of benzene rings is 1. The van der Waals surface area contributed by atoms with Gasteiger partial charge in [-0.1, -0.05) is 13.3 Å². The second-order valence-electron chi connectivity index (χ2n) is 7.53. The van der Waals surface area contributed by atoms with E-state index in [1.165, 1.54) is 30.6 Å². The molecule has 3 rings (SSSR count). The van der Waals surface area contributed by atoms with E-state index in [0.717, 1.165) is 18.6 Å². The number of nitrogens with one attached hydrogen (secondary N) is 1. The summed E-state index contributed by atoms with van der Waals surface area (Å²) >= 11 is 0. The molecule has 2 saturated carbocycles. The lowest BCUT2D eigenvalue weighted by Gasteiger charge is -2.26. The third kappa shape index (κ3) is 4.14. The van der Waals surface area contributed by atoms with Gasteiger partial charge >= 0.3 is 0 Å². The van der Waals surface area contributed by atoms with E-state index in [0.29, 0.717) is 29.8 Å². The molecular formula is C19H28N2O4S. The average Bonchev–Trinajstić information content (AvgIpc) is 3.21. The van der Waals surface area contributed by atoms with Gasteiger partial charge in [-0.2, -0.15) is 0 Å². The van der Waals surface area contributed by atoms with Crippen molar-refractivity contribution in [3.63, 3.8) is 0 Å². The largest absolute Gasteiger partial charge is 0.481 e. The highest BCUT2D eigenvalue weighted by molar-refractivity contribution is 7.92. The molecule has 0 aliphatic heterocycles. The minimum atomic E-state index is -3.30. The zero-order valence-electron chi connectivity index (χ0n) is 15.6. The van der Waals surface area contributed by atoms with Gasteiger partial charge in [0.15, 0.2) is 6.10 Å². The molecule has 7 heteroatoms. The van der Waals surface area contributed by atoms with Gasteiger partial charge in [-0.15, -0.1) is 0 Å². The van der Waals surface area contributed by atoms with Crippen LogP contribution in [0.1, 0.15) is 39.0 Å². The molecule has 2 fully saturated rings. The van der Waals surface area contributed by atoms with E-state index in [-0.39, 0.29) is 5.91 Å². The van der Waals surface area contributed by atoms with Gasteiger partial charge in [-0.05, 0) is 61.8 Å². The van der Waals surface area contributed by atoms with Crippen LogP contribution in [0.15, 0.2) is 24.3 Å². The normalized spacial score (nSPS) is 25.7. The van der Waals surface area contributed by atoms with E-state index < -0.39 is 16.1 Å². The minimum Gasteiger partial charge on any atom is -0.481 e. The maximum Gasteiger partial charge on any atom is 0.261 e. The summed E-state index contributed by atoms with van der Waals surface area (Å²) in [5.41, 5.74) is 0.555. The van der Waals surface area contributed by atoms with Crippen LogP contribution in [0, 0.1) is 11.8 Å². The maximum atomic E-state index is 12.6. The van der Waals surface area contributed by atoms with Crippen molar-refractivity contribution in [1.29, 1.82) is 0 Å². The van der Waals surface area contributed by atoms with Crippen LogP contribution in [0.25, 0.3) is 0 Å². The molecule has 0 unspecified atom stereocenters. The summed E-state index contributed by atoms with van der Waals surface area (Å²) < 4.78 is 30.2. The molecule has 2 aliphatic rings. The van der Waals surface area contributed by atoms with Crippen LogP contribution in [-0.2, 0) is 14.8 Å². The molecular weight excluding hydrogens is 352 g/mol. The quantitative estimate of drug-likeness (QED) is 0.789. The number of amides is 1. The Hall–Kier alpha value is -1.76. The third-order valence-electron chi connectivity index (χ3n) is 5.71. The first-order chi connectivity index (χ1) is 12.3. The standard InChI is InChI=1S/C19H28N2O4S/c1-4-18(19(22)20-17-12-13-5-6-14(17)11-13)25-16-9-7-15(8-10-16)21(2)26(3,23)24/h7-10,13-14,17-18H,4-6,11-12H2,1-3H3,(H,20,22)/t13-,14-,17-,18+/m0/s1. The Kier molecular flexibility index (Phi) is 5.46. The van der Waals surface area contributed by atoms with Gasteiger partial charge in [0.25, 0.3) is 5.91 Å². The first-order valence-corrected chi connectivity index (χ1v) is 11.1. The summed E-state index contributed by atoms with van der Waals surface area (Å²) in [5.74, 6) is 1.92. The topological polar surface area (TPSA) is 75.7 Å². The van der Waals surface area contributed by atoms with Crippen molar-refractivity contribution < 1.29 is 17.9 Å². The number of carbonyl (C=O) groups is 1. The van der Waals surface area contributed by atoms with Crippen LogP contribution in [0.4, 0.5) is 5.69 Å². The lowest BCUT2D eigenvalue weighted by Crippen LogP contribution is -2.45. The number of ether oxygens (including phenoxy) is 1. The van der Waals surface area contributed by atoms with Crippen LogP contribution >= 0.6 is 0 Å². The number of sulfonamides is 1. The van der Waals surface area contributed by atoms with Crippen molar-refractivity contribution in [2.75, 3.05) is 17.6 Å². The predicted octanol–water partition coefficient (Wildman–Crippen LogP) is 2.54. The summed E-state index contributed by atoms with van der Waals surface area (Å²) in [6, 6.07) is 7.05. The Bertz CT molecular complexity index is 747. The van der Waals surface area contributed by atoms with Crippen molar-refractivity contribution in [1.82, 2.24) is 5.32 Å². The zero-order chi connectivity index (χ0) is 18.9. The summed E-state index contributed by atoms with van der Waals surface area (Å²) in [5, 5.41) is 3.18. The summed E-state index contributed by atoms with van der Waals surface area (Å²) in [4.78, 5) is 12.6. The summed E-state index contributed by atoms with van der Waals surface area (Å²) in [6.07, 6.45) is 6.08. The van der Waals surface area contributed by atoms with E-state index >= 15 is 0 Å².